The zero-order valence-corrected chi connectivity index (χ0v) is 20.3. The van der Waals surface area contributed by atoms with Gasteiger partial charge in [-0.3, -0.25) is 19.2 Å². The van der Waals surface area contributed by atoms with Crippen LogP contribution in [-0.2, 0) is 23.9 Å². The number of allylic oxidation sites excluding steroid dienone is 1. The third-order valence-electron chi connectivity index (χ3n) is 4.48. The molecule has 5 N–H and O–H groups in total. The molecule has 0 spiro atoms. The smallest absolute Gasteiger partial charge is 0.407 e. The molecule has 0 saturated carbocycles. The molecule has 4 amide bonds. The SMILES string of the molecule is C=CC(C)CC(C)C(=O)N[C@H](CCNC(=O)OC(C)(C)C)C(=O)N[C@H](C)C(=O)NCC(=O)O. The number of hydrogen-bond acceptors (Lipinski definition) is 6. The van der Waals surface area contributed by atoms with Gasteiger partial charge in [-0.05, 0) is 46.5 Å². The van der Waals surface area contributed by atoms with Crippen molar-refractivity contribution in [2.75, 3.05) is 13.1 Å². The summed E-state index contributed by atoms with van der Waals surface area (Å²) in [4.78, 5) is 59.8. The molecule has 0 aliphatic rings. The summed E-state index contributed by atoms with van der Waals surface area (Å²) in [6.07, 6.45) is 1.65. The van der Waals surface area contributed by atoms with E-state index in [-0.39, 0.29) is 24.8 Å². The van der Waals surface area contributed by atoms with E-state index in [1.54, 1.807) is 33.8 Å². The van der Waals surface area contributed by atoms with Crippen LogP contribution in [0.25, 0.3) is 0 Å². The summed E-state index contributed by atoms with van der Waals surface area (Å²) >= 11 is 0. The van der Waals surface area contributed by atoms with Gasteiger partial charge in [0.05, 0.1) is 0 Å². The summed E-state index contributed by atoms with van der Waals surface area (Å²) in [7, 11) is 0. The summed E-state index contributed by atoms with van der Waals surface area (Å²) < 4.78 is 5.15. The number of ether oxygens (including phenoxy) is 1. The van der Waals surface area contributed by atoms with Gasteiger partial charge in [-0.1, -0.05) is 19.9 Å². The summed E-state index contributed by atoms with van der Waals surface area (Å²) in [6.45, 7) is 13.3. The molecule has 0 radical (unpaired) electrons. The Balaban J connectivity index is 5.14. The van der Waals surface area contributed by atoms with Crippen molar-refractivity contribution in [2.45, 2.75) is 72.1 Å². The van der Waals surface area contributed by atoms with E-state index in [2.05, 4.69) is 27.8 Å². The minimum atomic E-state index is -1.22. The Bertz CT molecular complexity index is 718. The van der Waals surface area contributed by atoms with Crippen LogP contribution in [0.3, 0.4) is 0 Å². The fourth-order valence-corrected chi connectivity index (χ4v) is 2.67. The topological polar surface area (TPSA) is 163 Å². The van der Waals surface area contributed by atoms with Crippen molar-refractivity contribution >= 4 is 29.8 Å². The maximum absolute atomic E-state index is 12.8. The van der Waals surface area contributed by atoms with Gasteiger partial charge in [0.25, 0.3) is 0 Å². The number of carbonyl (C=O) groups excluding carboxylic acids is 4. The van der Waals surface area contributed by atoms with Gasteiger partial charge in [-0.2, -0.15) is 0 Å². The lowest BCUT2D eigenvalue weighted by molar-refractivity contribution is -0.138. The van der Waals surface area contributed by atoms with Gasteiger partial charge in [0.2, 0.25) is 17.7 Å². The number of alkyl carbamates (subject to hydrolysis) is 1. The molecule has 0 rings (SSSR count). The minimum absolute atomic E-state index is 0.0321. The number of carbonyl (C=O) groups is 5. The molecule has 33 heavy (non-hydrogen) atoms. The highest BCUT2D eigenvalue weighted by Crippen LogP contribution is 2.13. The van der Waals surface area contributed by atoms with Gasteiger partial charge >= 0.3 is 12.1 Å². The van der Waals surface area contributed by atoms with Gasteiger partial charge in [-0.25, -0.2) is 4.79 Å². The first-order valence-electron chi connectivity index (χ1n) is 10.9. The number of amides is 4. The first kappa shape index (κ1) is 29.9. The second-order valence-corrected chi connectivity index (χ2v) is 8.97. The molecule has 0 fully saturated rings. The molecule has 0 aromatic rings. The summed E-state index contributed by atoms with van der Waals surface area (Å²) in [5.41, 5.74) is -0.689. The highest BCUT2D eigenvalue weighted by molar-refractivity contribution is 5.93. The van der Waals surface area contributed by atoms with E-state index >= 15 is 0 Å². The minimum Gasteiger partial charge on any atom is -0.480 e. The van der Waals surface area contributed by atoms with Crippen molar-refractivity contribution in [2.24, 2.45) is 11.8 Å². The first-order valence-corrected chi connectivity index (χ1v) is 10.9. The summed E-state index contributed by atoms with van der Waals surface area (Å²) in [6, 6.07) is -2.07. The average molecular weight is 471 g/mol. The van der Waals surface area contributed by atoms with Crippen LogP contribution in [0, 0.1) is 11.8 Å². The fraction of sp³-hybridized carbons (Fsp3) is 0.682. The standard InChI is InChI=1S/C22H38N4O7/c1-8-13(2)11-14(3)18(29)26-16(9-10-23-21(32)33-22(5,6)7)20(31)25-15(4)19(30)24-12-17(27)28/h8,13-16H,1,9-12H2,2-7H3,(H,23,32)(H,24,30)(H,25,31)(H,26,29)(H,27,28)/t13?,14?,15-,16-/m1/s1. The van der Waals surface area contributed by atoms with Crippen LogP contribution in [0.2, 0.25) is 0 Å². The molecule has 11 nitrogen and oxygen atoms in total. The van der Waals surface area contributed by atoms with Crippen LogP contribution in [0.5, 0.6) is 0 Å². The average Bonchev–Trinajstić information content (AvgIpc) is 2.69. The molecule has 0 saturated heterocycles. The number of carboxylic acids is 1. The van der Waals surface area contributed by atoms with Crippen molar-refractivity contribution in [1.29, 1.82) is 0 Å². The zero-order chi connectivity index (χ0) is 25.8. The Morgan fingerprint density at radius 2 is 1.58 bits per heavy atom. The molecule has 0 aromatic heterocycles. The van der Waals surface area contributed by atoms with Crippen molar-refractivity contribution in [1.82, 2.24) is 21.3 Å². The van der Waals surface area contributed by atoms with E-state index in [0.29, 0.717) is 6.42 Å². The summed E-state index contributed by atoms with van der Waals surface area (Å²) in [5.74, 6) is -3.20. The molecular formula is C22H38N4O7. The van der Waals surface area contributed by atoms with Crippen molar-refractivity contribution < 1.29 is 33.8 Å². The quantitative estimate of drug-likeness (QED) is 0.250. The van der Waals surface area contributed by atoms with Crippen LogP contribution in [0.1, 0.15) is 54.4 Å². The molecule has 0 aliphatic heterocycles. The van der Waals surface area contributed by atoms with E-state index in [4.69, 9.17) is 9.84 Å². The Labute approximate surface area is 195 Å². The molecule has 0 aromatic carbocycles. The molecule has 2 unspecified atom stereocenters. The van der Waals surface area contributed by atoms with E-state index in [1.807, 2.05) is 6.92 Å². The second kappa shape index (κ2) is 14.1. The molecule has 0 heterocycles. The Morgan fingerprint density at radius 1 is 0.970 bits per heavy atom. The molecule has 11 heteroatoms. The highest BCUT2D eigenvalue weighted by Gasteiger charge is 2.27. The molecule has 0 aliphatic carbocycles. The van der Waals surface area contributed by atoms with Crippen LogP contribution in [0.4, 0.5) is 4.79 Å². The number of rotatable bonds is 13. The van der Waals surface area contributed by atoms with Gasteiger partial charge < -0.3 is 31.1 Å². The lowest BCUT2D eigenvalue weighted by Gasteiger charge is -2.24. The van der Waals surface area contributed by atoms with E-state index in [1.165, 1.54) is 6.92 Å². The van der Waals surface area contributed by atoms with E-state index < -0.39 is 54.0 Å². The fourth-order valence-electron chi connectivity index (χ4n) is 2.67. The molecule has 188 valence electrons. The van der Waals surface area contributed by atoms with Gasteiger partial charge in [0.1, 0.15) is 24.2 Å². The third-order valence-corrected chi connectivity index (χ3v) is 4.48. The predicted octanol–water partition coefficient (Wildman–Crippen LogP) is 0.940. The number of hydrogen-bond donors (Lipinski definition) is 5. The van der Waals surface area contributed by atoms with E-state index in [9.17, 15) is 24.0 Å². The zero-order valence-electron chi connectivity index (χ0n) is 20.3. The third kappa shape index (κ3) is 13.8. The predicted molar refractivity (Wildman–Crippen MR) is 122 cm³/mol. The van der Waals surface area contributed by atoms with Crippen molar-refractivity contribution in [3.05, 3.63) is 12.7 Å². The Kier molecular flexibility index (Phi) is 12.8. The maximum Gasteiger partial charge on any atom is 0.407 e. The van der Waals surface area contributed by atoms with Gasteiger partial charge in [0, 0.05) is 12.5 Å². The van der Waals surface area contributed by atoms with E-state index in [0.717, 1.165) is 0 Å². The first-order chi connectivity index (χ1) is 15.2. The number of nitrogens with one attached hydrogen (secondary N) is 4. The molecule has 0 bridgehead atoms. The van der Waals surface area contributed by atoms with Crippen LogP contribution < -0.4 is 21.3 Å². The number of carboxylic acid groups (broad SMARTS) is 1. The van der Waals surface area contributed by atoms with Crippen LogP contribution in [0.15, 0.2) is 12.7 Å². The second-order valence-electron chi connectivity index (χ2n) is 8.97. The lowest BCUT2D eigenvalue weighted by Crippen LogP contribution is -2.54. The van der Waals surface area contributed by atoms with Crippen LogP contribution in [-0.4, -0.2) is 65.7 Å². The summed E-state index contributed by atoms with van der Waals surface area (Å²) in [5, 5.41) is 18.5. The Morgan fingerprint density at radius 3 is 2.09 bits per heavy atom. The highest BCUT2D eigenvalue weighted by atomic mass is 16.6. The maximum atomic E-state index is 12.8. The normalized spacial score (nSPS) is 14.6. The largest absolute Gasteiger partial charge is 0.480 e. The van der Waals surface area contributed by atoms with Crippen molar-refractivity contribution in [3.63, 3.8) is 0 Å². The molecular weight excluding hydrogens is 432 g/mol. The van der Waals surface area contributed by atoms with Crippen LogP contribution >= 0.6 is 0 Å². The van der Waals surface area contributed by atoms with Gasteiger partial charge in [0.15, 0.2) is 0 Å². The number of aliphatic carboxylic acids is 1. The monoisotopic (exact) mass is 470 g/mol. The lowest BCUT2D eigenvalue weighted by atomic mass is 9.96. The van der Waals surface area contributed by atoms with Crippen molar-refractivity contribution in [3.8, 4) is 0 Å². The molecule has 4 atom stereocenters. The van der Waals surface area contributed by atoms with Gasteiger partial charge in [-0.15, -0.1) is 6.58 Å². The Hall–Kier alpha value is -3.11.